The molecule has 1 saturated heterocycles. The summed E-state index contributed by atoms with van der Waals surface area (Å²) in [6.07, 6.45) is 2.92. The number of thioether (sulfide) groups is 1. The van der Waals surface area contributed by atoms with Gasteiger partial charge in [0.15, 0.2) is 5.17 Å². The van der Waals surface area contributed by atoms with Crippen LogP contribution in [0.3, 0.4) is 0 Å². The zero-order chi connectivity index (χ0) is 20.0. The Hall–Kier alpha value is -2.24. The number of aromatic nitrogens is 1. The molecule has 1 fully saturated rings. The number of hydrogen-bond acceptors (Lipinski definition) is 5. The van der Waals surface area contributed by atoms with Crippen molar-refractivity contribution in [1.29, 1.82) is 0 Å². The minimum atomic E-state index is -0.0625. The number of amidine groups is 1. The molecule has 148 valence electrons. The first-order valence-electron chi connectivity index (χ1n) is 9.92. The fraction of sp³-hybridized carbons (Fsp3) is 0.304. The number of rotatable bonds is 4. The van der Waals surface area contributed by atoms with E-state index < -0.39 is 0 Å². The van der Waals surface area contributed by atoms with Crippen molar-refractivity contribution < 1.29 is 4.42 Å². The number of nitrogens with zero attached hydrogens (tertiary/aromatic N) is 3. The third-order valence-corrected chi connectivity index (χ3v) is 7.32. The average molecular weight is 424 g/mol. The van der Waals surface area contributed by atoms with Crippen LogP contribution in [0.25, 0.3) is 11.3 Å². The summed E-state index contributed by atoms with van der Waals surface area (Å²) < 4.78 is 6.43. The van der Waals surface area contributed by atoms with Gasteiger partial charge in [-0.2, -0.15) is 0 Å². The first kappa shape index (κ1) is 18.8. The van der Waals surface area contributed by atoms with E-state index in [1.54, 1.807) is 0 Å². The molecule has 0 spiro atoms. The SMILES string of the molecule is CC[C@@H]1CSC2=N[C@@H](c3ccccn3)[C@H](c3ccc(-c4cccc(Cl)c4C)o3)N21. The van der Waals surface area contributed by atoms with Crippen molar-refractivity contribution in [3.8, 4) is 11.3 Å². The first-order chi connectivity index (χ1) is 14.2. The van der Waals surface area contributed by atoms with Crippen LogP contribution in [0.1, 0.15) is 42.4 Å². The highest BCUT2D eigenvalue weighted by Gasteiger charge is 2.46. The quantitative estimate of drug-likeness (QED) is 0.495. The Bertz CT molecular complexity index is 1060. The van der Waals surface area contributed by atoms with Crippen molar-refractivity contribution in [3.05, 3.63) is 76.8 Å². The molecule has 0 bridgehead atoms. The van der Waals surface area contributed by atoms with E-state index in [1.807, 2.05) is 55.2 Å². The van der Waals surface area contributed by atoms with Crippen molar-refractivity contribution >= 4 is 28.5 Å². The molecular formula is C23H22ClN3OS. The minimum Gasteiger partial charge on any atom is -0.459 e. The van der Waals surface area contributed by atoms with Crippen LogP contribution < -0.4 is 0 Å². The van der Waals surface area contributed by atoms with Crippen LogP contribution in [-0.4, -0.2) is 26.8 Å². The van der Waals surface area contributed by atoms with E-state index in [0.717, 1.165) is 50.7 Å². The van der Waals surface area contributed by atoms with Gasteiger partial charge >= 0.3 is 0 Å². The van der Waals surface area contributed by atoms with Crippen LogP contribution in [0, 0.1) is 6.92 Å². The maximum atomic E-state index is 6.43. The molecule has 2 aliphatic heterocycles. The van der Waals surface area contributed by atoms with Gasteiger partial charge in [-0.3, -0.25) is 4.98 Å². The second-order valence-corrected chi connectivity index (χ2v) is 8.85. The minimum absolute atomic E-state index is 0.0214. The van der Waals surface area contributed by atoms with Crippen LogP contribution in [0.2, 0.25) is 5.02 Å². The van der Waals surface area contributed by atoms with E-state index in [0.29, 0.717) is 6.04 Å². The fourth-order valence-electron chi connectivity index (χ4n) is 4.19. The first-order valence-corrected chi connectivity index (χ1v) is 11.3. The largest absolute Gasteiger partial charge is 0.459 e. The van der Waals surface area contributed by atoms with Crippen molar-refractivity contribution in [3.63, 3.8) is 0 Å². The van der Waals surface area contributed by atoms with Gasteiger partial charge in [-0.15, -0.1) is 0 Å². The van der Waals surface area contributed by atoms with Gasteiger partial charge < -0.3 is 9.32 Å². The Balaban J connectivity index is 1.57. The highest BCUT2D eigenvalue weighted by molar-refractivity contribution is 8.14. The summed E-state index contributed by atoms with van der Waals surface area (Å²) in [6, 6.07) is 16.5. The second kappa shape index (κ2) is 7.54. The predicted molar refractivity (Wildman–Crippen MR) is 119 cm³/mol. The molecule has 3 aromatic rings. The van der Waals surface area contributed by atoms with Crippen LogP contribution in [0.4, 0.5) is 0 Å². The summed E-state index contributed by atoms with van der Waals surface area (Å²) in [5.41, 5.74) is 3.04. The van der Waals surface area contributed by atoms with E-state index in [2.05, 4.69) is 35.0 Å². The summed E-state index contributed by atoms with van der Waals surface area (Å²) >= 11 is 8.17. The van der Waals surface area contributed by atoms with Gasteiger partial charge in [0.1, 0.15) is 23.6 Å². The normalized spacial score (nSPS) is 23.3. The molecule has 29 heavy (non-hydrogen) atoms. The Morgan fingerprint density at radius 3 is 2.86 bits per heavy atom. The number of hydrogen-bond donors (Lipinski definition) is 0. The monoisotopic (exact) mass is 423 g/mol. The fourth-order valence-corrected chi connectivity index (χ4v) is 5.70. The topological polar surface area (TPSA) is 41.6 Å². The Morgan fingerprint density at radius 2 is 2.07 bits per heavy atom. The molecule has 0 unspecified atom stereocenters. The average Bonchev–Trinajstić information content (AvgIpc) is 3.45. The van der Waals surface area contributed by atoms with Gasteiger partial charge in [0.25, 0.3) is 0 Å². The molecule has 3 atom stereocenters. The van der Waals surface area contributed by atoms with Crippen molar-refractivity contribution in [2.45, 2.75) is 38.4 Å². The van der Waals surface area contributed by atoms with Crippen molar-refractivity contribution in [2.75, 3.05) is 5.75 Å². The molecule has 0 aliphatic carbocycles. The second-order valence-electron chi connectivity index (χ2n) is 7.45. The Kier molecular flexibility index (Phi) is 4.88. The zero-order valence-electron chi connectivity index (χ0n) is 16.4. The standard InChI is InChI=1S/C23H22ClN3OS/c1-3-15-13-29-23-26-21(18-9-4-5-12-25-18)22(27(15)23)20-11-10-19(28-20)16-7-6-8-17(24)14(16)2/h4-12,15,21-22H,3,13H2,1-2H3/t15-,21+,22+/m1/s1. The third-order valence-electron chi connectivity index (χ3n) is 5.78. The summed E-state index contributed by atoms with van der Waals surface area (Å²) in [5, 5.41) is 1.86. The smallest absolute Gasteiger partial charge is 0.161 e. The van der Waals surface area contributed by atoms with E-state index in [1.165, 1.54) is 0 Å². The van der Waals surface area contributed by atoms with Crippen molar-refractivity contribution in [2.24, 2.45) is 4.99 Å². The molecule has 1 aromatic carbocycles. The predicted octanol–water partition coefficient (Wildman–Crippen LogP) is 6.28. The van der Waals surface area contributed by atoms with Gasteiger partial charge in [0.2, 0.25) is 0 Å². The number of aliphatic imine (C=N–C) groups is 1. The number of halogens is 1. The Labute approximate surface area is 180 Å². The summed E-state index contributed by atoms with van der Waals surface area (Å²) in [4.78, 5) is 12.1. The molecule has 0 amide bonds. The molecule has 6 heteroatoms. The van der Waals surface area contributed by atoms with Gasteiger partial charge in [-0.05, 0) is 49.2 Å². The van der Waals surface area contributed by atoms with Crippen LogP contribution >= 0.6 is 23.4 Å². The molecule has 0 N–H and O–H groups in total. The van der Waals surface area contributed by atoms with E-state index in [9.17, 15) is 0 Å². The van der Waals surface area contributed by atoms with Crippen molar-refractivity contribution in [1.82, 2.24) is 9.88 Å². The summed E-state index contributed by atoms with van der Waals surface area (Å²) in [6.45, 7) is 4.26. The molecule has 4 nitrogen and oxygen atoms in total. The third kappa shape index (κ3) is 3.17. The number of furan rings is 1. The van der Waals surface area contributed by atoms with E-state index >= 15 is 0 Å². The Morgan fingerprint density at radius 1 is 1.17 bits per heavy atom. The van der Waals surface area contributed by atoms with Gasteiger partial charge in [-0.25, -0.2) is 4.99 Å². The number of pyridine rings is 1. The number of benzene rings is 1. The lowest BCUT2D eigenvalue weighted by Gasteiger charge is -2.30. The zero-order valence-corrected chi connectivity index (χ0v) is 18.0. The maximum absolute atomic E-state index is 6.43. The van der Waals surface area contributed by atoms with Crippen LogP contribution in [-0.2, 0) is 0 Å². The molecule has 0 radical (unpaired) electrons. The highest BCUT2D eigenvalue weighted by atomic mass is 35.5. The van der Waals surface area contributed by atoms with Crippen LogP contribution in [0.15, 0.2) is 64.1 Å². The molecule has 2 aromatic heterocycles. The van der Waals surface area contributed by atoms with E-state index in [4.69, 9.17) is 21.0 Å². The molecular weight excluding hydrogens is 402 g/mol. The van der Waals surface area contributed by atoms with E-state index in [-0.39, 0.29) is 12.1 Å². The maximum Gasteiger partial charge on any atom is 0.161 e. The van der Waals surface area contributed by atoms with Gasteiger partial charge in [0, 0.05) is 28.6 Å². The highest BCUT2D eigenvalue weighted by Crippen LogP contribution is 2.49. The van der Waals surface area contributed by atoms with Gasteiger partial charge in [-0.1, -0.05) is 48.5 Å². The van der Waals surface area contributed by atoms with Crippen LogP contribution in [0.5, 0.6) is 0 Å². The summed E-state index contributed by atoms with van der Waals surface area (Å²) in [5.74, 6) is 2.84. The number of fused-ring (bicyclic) bond motifs is 1. The molecule has 2 aliphatic rings. The van der Waals surface area contributed by atoms with Gasteiger partial charge in [0.05, 0.1) is 5.69 Å². The lowest BCUT2D eigenvalue weighted by molar-refractivity contribution is 0.226. The lowest BCUT2D eigenvalue weighted by Crippen LogP contribution is -2.35. The molecule has 0 saturated carbocycles. The molecule has 4 heterocycles. The lowest BCUT2D eigenvalue weighted by atomic mass is 10.0. The molecule has 5 rings (SSSR count). The summed E-state index contributed by atoms with van der Waals surface area (Å²) in [7, 11) is 0.